The van der Waals surface area contributed by atoms with Gasteiger partial charge in [0, 0.05) is 145 Å². The van der Waals surface area contributed by atoms with Crippen LogP contribution in [0.15, 0.2) is 0 Å². The molecule has 0 rings (SSSR count). The second-order valence-corrected chi connectivity index (χ2v) is 25.8. The molecule has 0 unspecified atom stereocenters. The first-order chi connectivity index (χ1) is 44.7. The van der Waals surface area contributed by atoms with Crippen molar-refractivity contribution in [3.05, 3.63) is 0 Å². The molecule has 0 heterocycles. The van der Waals surface area contributed by atoms with Gasteiger partial charge in [-0.2, -0.15) is 79.0 Å². The van der Waals surface area contributed by atoms with Crippen LogP contribution in [0.5, 0.6) is 0 Å². The summed E-state index contributed by atoms with van der Waals surface area (Å²) in [7, 11) is -36.5. The maximum atomic E-state index is 10.7. The van der Waals surface area contributed by atoms with Gasteiger partial charge in [0.05, 0.1) is 0 Å². The monoisotopic (exact) mass is 1840 g/mol. The maximum absolute atomic E-state index is 10.7. The third-order valence-corrected chi connectivity index (χ3v) is 13.7. The van der Waals surface area contributed by atoms with Gasteiger partial charge >= 0.3 is 62.0 Å². The molecule has 0 aliphatic rings. The minimum absolute atomic E-state index is 1.10. The average Bonchev–Trinajstić information content (AvgIpc) is 0.924. The van der Waals surface area contributed by atoms with Crippen LogP contribution in [0.4, 0.5) is 79.0 Å². The molecule has 0 aromatic rings. The molecule has 0 N–H and O–H groups in total. The molecule has 0 bridgehead atoms. The van der Waals surface area contributed by atoms with Crippen LogP contribution in [0.25, 0.3) is 0 Å². The van der Waals surface area contributed by atoms with E-state index in [1.807, 2.05) is 0 Å². The summed E-state index contributed by atoms with van der Waals surface area (Å²) in [6.45, 7) is 68.3. The molecule has 0 amide bonds. The molecular weight excluding hydrogens is 1740 g/mol. The van der Waals surface area contributed by atoms with Gasteiger partial charge in [0.25, 0.3) is 0 Å². The third kappa shape index (κ3) is 102. The molecule has 0 radical (unpaired) electrons. The van der Waals surface area contributed by atoms with E-state index in [2.05, 4.69) is 176 Å². The molecule has 0 fully saturated rings. The summed E-state index contributed by atoms with van der Waals surface area (Å²) in [6, 6.07) is 0. The average molecular weight is 1850 g/mol. The Labute approximate surface area is 591 Å². The van der Waals surface area contributed by atoms with Crippen molar-refractivity contribution in [2.45, 2.75) is 178 Å². The third-order valence-electron chi connectivity index (χ3n) is 10.3. The van der Waals surface area contributed by atoms with Crippen molar-refractivity contribution in [2.24, 2.45) is 0 Å². The minimum atomic E-state index is -6.09. The van der Waals surface area contributed by atoms with Gasteiger partial charge < -0.3 is 57.9 Å². The van der Waals surface area contributed by atoms with Gasteiger partial charge in [-0.3, -0.25) is 0 Å². The molecule has 0 spiro atoms. The van der Waals surface area contributed by atoms with Crippen LogP contribution in [-0.4, -0.2) is 250 Å². The van der Waals surface area contributed by atoms with Gasteiger partial charge in [-0.25, -0.2) is 50.5 Å². The van der Waals surface area contributed by atoms with E-state index in [-0.39, 0.29) is 0 Å². The van der Waals surface area contributed by atoms with Gasteiger partial charge in [-0.15, -0.1) is 0 Å². The number of hydrogen-bond donors (Lipinski definition) is 0. The number of alkyl halides is 18. The Morgan fingerprint density at radius 2 is 0.228 bits per heavy atom. The molecule has 101 heavy (non-hydrogen) atoms. The second-order valence-electron chi connectivity index (χ2n) is 16.0. The van der Waals surface area contributed by atoms with Crippen molar-refractivity contribution in [1.82, 2.24) is 0 Å². The van der Waals surface area contributed by atoms with E-state index in [0.717, 1.165) is 139 Å². The van der Waals surface area contributed by atoms with Crippen molar-refractivity contribution in [2.75, 3.05) is 139 Å². The fourth-order valence-corrected chi connectivity index (χ4v) is 4.29. The molecule has 0 aliphatic carbocycles. The first-order valence-electron chi connectivity index (χ1n) is 29.1. The van der Waals surface area contributed by atoms with E-state index < -0.39 is 113 Å². The summed E-state index contributed by atoms with van der Waals surface area (Å²) in [5.41, 5.74) is -33.9. The van der Waals surface area contributed by atoms with Crippen LogP contribution in [0, 0.1) is 0 Å². The first kappa shape index (κ1) is 132. The molecule has 0 saturated heterocycles. The molecule has 0 aliphatic heterocycles. The van der Waals surface area contributed by atoms with E-state index >= 15 is 0 Å². The van der Waals surface area contributed by atoms with Crippen molar-refractivity contribution < 1.29 is 216 Å². The fourth-order valence-electron chi connectivity index (χ4n) is 4.29. The van der Waals surface area contributed by atoms with Gasteiger partial charge in [-0.1, -0.05) is 0 Å². The molecule has 28 nitrogen and oxygen atoms in total. The SMILES string of the molecule is CC[O+](CC)CC.CC[O+](CC)CC.CC[O+](CC)CC.CC[O+](CC)CC.CC[O+](CC)CC.CC[O+](CC)CC.CC[O+](CC)CC.O=S(=O)([O-])C(F)(F)F.O=S(=O)([O-])C(F)(F)F.O=S(=O)([O-])C(F)(F)F.O=S(=O)([O-])C(F)(F)F.O=S(=O)([O-])C(F)(F)F.O=S(=O)([O-])C(F)(F)F.[O]=[Ta](=[O])[O-]. The van der Waals surface area contributed by atoms with Gasteiger partial charge in [0.2, 0.25) is 0 Å². The summed E-state index contributed by atoms with van der Waals surface area (Å²) in [5.74, 6) is 0. The topological polar surface area (TPSA) is 419 Å². The van der Waals surface area contributed by atoms with Crippen LogP contribution in [0.3, 0.4) is 0 Å². The van der Waals surface area contributed by atoms with Crippen molar-refractivity contribution in [3.63, 3.8) is 0 Å². The summed E-state index contributed by atoms with van der Waals surface area (Å²) in [5, 5.41) is 0. The Balaban J connectivity index is -0.0000000674. The van der Waals surface area contributed by atoms with E-state index in [1.165, 1.54) is 0 Å². The summed E-state index contributed by atoms with van der Waals surface area (Å²) < 4.78 is 401. The quantitative estimate of drug-likeness (QED) is 0.0446. The van der Waals surface area contributed by atoms with Crippen LogP contribution in [0.2, 0.25) is 0 Å². The Hall–Kier alpha value is -1.78. The molecule has 632 valence electrons. The van der Waals surface area contributed by atoms with Crippen LogP contribution < -0.4 is 3.61 Å². The van der Waals surface area contributed by atoms with E-state index in [0.29, 0.717) is 0 Å². The van der Waals surface area contributed by atoms with Crippen LogP contribution >= 0.6 is 0 Å². The van der Waals surface area contributed by atoms with E-state index in [1.54, 1.807) is 0 Å². The van der Waals surface area contributed by atoms with Crippen LogP contribution in [-0.2, 0) is 117 Å². The van der Waals surface area contributed by atoms with Gasteiger partial charge in [0.15, 0.2) is 60.7 Å². The number of hydrogen-bond acceptors (Lipinski definition) is 21. The van der Waals surface area contributed by atoms with E-state index in [9.17, 15) is 79.0 Å². The number of halogens is 18. The zero-order valence-corrected chi connectivity index (χ0v) is 68.1. The molecular formula is C48H105F18O28S6Ta. The molecule has 0 aromatic heterocycles. The number of rotatable bonds is 21. The van der Waals surface area contributed by atoms with Crippen molar-refractivity contribution >= 4 is 60.7 Å². The standard InChI is InChI=1S/7C6H15O.6CHF3O3S.3O.Ta/c7*1-4-7(5-2)6-3;6*2-1(3,4)8(5,6)7;;;;/h7*4-6H2,1-3H3;6*(H,5,6,7);;;;/q7*+1;;;;;;;;;-1;/p-6. The van der Waals surface area contributed by atoms with E-state index in [4.69, 9.17) is 87.9 Å². The zero-order chi connectivity index (χ0) is 85.5. The zero-order valence-electron chi connectivity index (χ0n) is 60.0. The normalized spacial score (nSPS) is 11.9. The predicted molar refractivity (Wildman–Crippen MR) is 325 cm³/mol. The Bertz CT molecular complexity index is 2100. The van der Waals surface area contributed by atoms with Crippen molar-refractivity contribution in [1.29, 1.82) is 0 Å². The Morgan fingerprint density at radius 3 is 0.228 bits per heavy atom. The molecule has 0 atom stereocenters. The predicted octanol–water partition coefficient (Wildman–Crippen LogP) is 10.1. The molecule has 0 aromatic carbocycles. The van der Waals surface area contributed by atoms with Gasteiger partial charge in [0.1, 0.15) is 139 Å². The van der Waals surface area contributed by atoms with Gasteiger partial charge in [-0.05, 0) is 0 Å². The first-order valence-corrected chi connectivity index (χ1v) is 41.5. The summed E-state index contributed by atoms with van der Waals surface area (Å²) in [6.07, 6.45) is 0. The summed E-state index contributed by atoms with van der Waals surface area (Å²) >= 11 is -4.34. The Kier molecular flexibility index (Phi) is 91.3. The summed E-state index contributed by atoms with van der Waals surface area (Å²) in [4.78, 5) is 0. The fraction of sp³-hybridized carbons (Fsp3) is 1.00. The second kappa shape index (κ2) is 69.9. The molecule has 53 heteroatoms. The Morgan fingerprint density at radius 1 is 0.198 bits per heavy atom. The molecule has 0 saturated carbocycles. The van der Waals surface area contributed by atoms with Crippen LogP contribution in [0.1, 0.15) is 145 Å². The van der Waals surface area contributed by atoms with Crippen molar-refractivity contribution in [3.8, 4) is 0 Å².